The highest BCUT2D eigenvalue weighted by molar-refractivity contribution is 7.97. The Hall–Kier alpha value is -2.74. The number of likely N-dealkylation sites (tertiary alicyclic amines) is 1. The Bertz CT molecular complexity index is 1210. The molecule has 4 rings (SSSR count). The lowest BCUT2D eigenvalue weighted by atomic mass is 10.0. The van der Waals surface area contributed by atoms with Gasteiger partial charge in [0.2, 0.25) is 0 Å². The summed E-state index contributed by atoms with van der Waals surface area (Å²) in [7, 11) is 1.76. The van der Waals surface area contributed by atoms with Gasteiger partial charge in [-0.3, -0.25) is 14.4 Å². The molecule has 204 valence electrons. The monoisotopic (exact) mass is 535 g/mol. The highest BCUT2D eigenvalue weighted by Crippen LogP contribution is 2.32. The maximum atomic E-state index is 12.0. The SMILES string of the molecule is COc1cc(C)c2[nH]ccc2c1CN1CCC(OCCCCC/C=C/c2cccc(C(=O)NSC)c2)CC1. The molecule has 1 amide bonds. The van der Waals surface area contributed by atoms with E-state index in [1.165, 1.54) is 40.4 Å². The highest BCUT2D eigenvalue weighted by Gasteiger charge is 2.22. The Morgan fingerprint density at radius 3 is 2.82 bits per heavy atom. The van der Waals surface area contributed by atoms with Crippen molar-refractivity contribution < 1.29 is 14.3 Å². The van der Waals surface area contributed by atoms with Gasteiger partial charge in [-0.05, 0) is 74.4 Å². The van der Waals surface area contributed by atoms with Gasteiger partial charge in [-0.15, -0.1) is 0 Å². The van der Waals surface area contributed by atoms with Crippen molar-refractivity contribution in [2.24, 2.45) is 0 Å². The van der Waals surface area contributed by atoms with E-state index in [1.807, 2.05) is 36.7 Å². The quantitative estimate of drug-likeness (QED) is 0.187. The lowest BCUT2D eigenvalue weighted by Crippen LogP contribution is -2.36. The number of nitrogens with one attached hydrogen (secondary N) is 2. The number of benzene rings is 2. The molecule has 1 aromatic heterocycles. The van der Waals surface area contributed by atoms with Crippen LogP contribution in [-0.2, 0) is 11.3 Å². The number of nitrogens with zero attached hydrogens (tertiary/aromatic N) is 1. The minimum absolute atomic E-state index is 0.0527. The fourth-order valence-electron chi connectivity index (χ4n) is 5.18. The molecular formula is C31H41N3O3S. The number of carbonyl (C=O) groups excluding carboxylic acids is 1. The molecule has 6 nitrogen and oxygen atoms in total. The van der Waals surface area contributed by atoms with Crippen molar-refractivity contribution in [3.05, 3.63) is 70.9 Å². The van der Waals surface area contributed by atoms with Crippen molar-refractivity contribution in [2.75, 3.05) is 33.1 Å². The van der Waals surface area contributed by atoms with Gasteiger partial charge in [-0.2, -0.15) is 0 Å². The topological polar surface area (TPSA) is 66.6 Å². The molecule has 0 aliphatic carbocycles. The van der Waals surface area contributed by atoms with Crippen molar-refractivity contribution in [1.29, 1.82) is 0 Å². The standard InChI is InChI=1S/C31H41N3O3S/c1-23-20-29(36-2)28(27-13-16-32-30(23)27)22-34-17-14-26(15-18-34)37-19-8-6-4-5-7-10-24-11-9-12-25(21-24)31(35)33-38-3/h7,9-13,16,20-21,26,32H,4-6,8,14-15,17-19,22H2,1-3H3,(H,33,35)/b10-7+. The lowest BCUT2D eigenvalue weighted by Gasteiger charge is -2.32. The van der Waals surface area contributed by atoms with Gasteiger partial charge >= 0.3 is 0 Å². The number of fused-ring (bicyclic) bond motifs is 1. The van der Waals surface area contributed by atoms with Gasteiger partial charge in [0.15, 0.2) is 0 Å². The average Bonchev–Trinajstić information content (AvgIpc) is 3.44. The van der Waals surface area contributed by atoms with Crippen LogP contribution in [0.15, 0.2) is 48.7 Å². The Kier molecular flexibility index (Phi) is 10.7. The molecule has 7 heteroatoms. The van der Waals surface area contributed by atoms with Crippen LogP contribution >= 0.6 is 11.9 Å². The first-order valence-corrected chi connectivity index (χ1v) is 14.9. The van der Waals surface area contributed by atoms with Gasteiger partial charge in [-0.25, -0.2) is 0 Å². The summed E-state index contributed by atoms with van der Waals surface area (Å²) < 4.78 is 14.7. The largest absolute Gasteiger partial charge is 0.496 e. The molecule has 0 bridgehead atoms. The molecule has 0 radical (unpaired) electrons. The summed E-state index contributed by atoms with van der Waals surface area (Å²) in [5.41, 5.74) is 5.45. The summed E-state index contributed by atoms with van der Waals surface area (Å²) in [5, 5.41) is 1.27. The molecule has 1 aliphatic heterocycles. The number of carbonyl (C=O) groups is 1. The van der Waals surface area contributed by atoms with Gasteiger partial charge in [-0.1, -0.05) is 42.7 Å². The van der Waals surface area contributed by atoms with E-state index in [9.17, 15) is 4.79 Å². The number of hydrogen-bond donors (Lipinski definition) is 2. The molecule has 0 unspecified atom stereocenters. The number of aromatic nitrogens is 1. The first kappa shape index (κ1) is 28.3. The maximum Gasteiger partial charge on any atom is 0.261 e. The first-order valence-electron chi connectivity index (χ1n) is 13.7. The zero-order valence-electron chi connectivity index (χ0n) is 22.9. The third kappa shape index (κ3) is 7.65. The first-order chi connectivity index (χ1) is 18.6. The van der Waals surface area contributed by atoms with Crippen LogP contribution in [0.2, 0.25) is 0 Å². The van der Waals surface area contributed by atoms with E-state index in [0.29, 0.717) is 11.7 Å². The number of piperidine rings is 1. The molecule has 2 N–H and O–H groups in total. The van der Waals surface area contributed by atoms with E-state index in [-0.39, 0.29) is 5.91 Å². The summed E-state index contributed by atoms with van der Waals surface area (Å²) in [4.78, 5) is 17.9. The Labute approximate surface area is 231 Å². The number of H-pyrrole nitrogens is 1. The minimum Gasteiger partial charge on any atom is -0.496 e. The van der Waals surface area contributed by atoms with Crippen LogP contribution in [0.25, 0.3) is 17.0 Å². The summed E-state index contributed by atoms with van der Waals surface area (Å²) in [5.74, 6) is 0.929. The van der Waals surface area contributed by atoms with Crippen LogP contribution in [0.4, 0.5) is 0 Å². The molecule has 2 heterocycles. The van der Waals surface area contributed by atoms with Crippen molar-refractivity contribution >= 4 is 34.8 Å². The van der Waals surface area contributed by atoms with Crippen molar-refractivity contribution in [1.82, 2.24) is 14.6 Å². The molecule has 0 saturated carbocycles. The normalized spacial score (nSPS) is 14.9. The molecule has 0 atom stereocenters. The van der Waals surface area contributed by atoms with Gasteiger partial charge < -0.3 is 14.5 Å². The van der Waals surface area contributed by atoms with Gasteiger partial charge in [0.1, 0.15) is 5.75 Å². The van der Waals surface area contributed by atoms with Crippen LogP contribution in [0, 0.1) is 6.92 Å². The second kappa shape index (κ2) is 14.4. The van der Waals surface area contributed by atoms with Crippen molar-refractivity contribution in [2.45, 2.75) is 58.1 Å². The molecular weight excluding hydrogens is 494 g/mol. The zero-order chi connectivity index (χ0) is 26.7. The summed E-state index contributed by atoms with van der Waals surface area (Å²) in [6, 6.07) is 12.0. The van der Waals surface area contributed by atoms with E-state index in [1.54, 1.807) is 7.11 Å². The maximum absolute atomic E-state index is 12.0. The van der Waals surface area contributed by atoms with Crippen LogP contribution in [0.3, 0.4) is 0 Å². The number of ether oxygens (including phenoxy) is 2. The van der Waals surface area contributed by atoms with Crippen LogP contribution in [0.1, 0.15) is 65.6 Å². The van der Waals surface area contributed by atoms with Crippen LogP contribution in [-0.4, -0.2) is 55.0 Å². The smallest absolute Gasteiger partial charge is 0.261 e. The Balaban J connectivity index is 1.11. The van der Waals surface area contributed by atoms with Crippen molar-refractivity contribution in [3.63, 3.8) is 0 Å². The number of hydrogen-bond acceptors (Lipinski definition) is 5. The van der Waals surface area contributed by atoms with Crippen molar-refractivity contribution in [3.8, 4) is 5.75 Å². The fourth-order valence-corrected chi connectivity index (χ4v) is 5.49. The van der Waals surface area contributed by atoms with Gasteiger partial charge in [0.25, 0.3) is 5.91 Å². The van der Waals surface area contributed by atoms with E-state index in [2.05, 4.69) is 45.8 Å². The van der Waals surface area contributed by atoms with E-state index in [4.69, 9.17) is 9.47 Å². The fraction of sp³-hybridized carbons (Fsp3) is 0.452. The molecule has 1 fully saturated rings. The summed E-state index contributed by atoms with van der Waals surface area (Å²) in [6.07, 6.45) is 15.2. The minimum atomic E-state index is -0.0527. The van der Waals surface area contributed by atoms with E-state index >= 15 is 0 Å². The number of unbranched alkanes of at least 4 members (excludes halogenated alkanes) is 3. The van der Waals surface area contributed by atoms with Gasteiger partial charge in [0.05, 0.1) is 13.2 Å². The zero-order valence-corrected chi connectivity index (χ0v) is 23.7. The molecule has 0 spiro atoms. The predicted molar refractivity (Wildman–Crippen MR) is 159 cm³/mol. The molecule has 3 aromatic rings. The number of methoxy groups -OCH3 is 1. The highest BCUT2D eigenvalue weighted by atomic mass is 32.2. The molecule has 38 heavy (non-hydrogen) atoms. The second-order valence-electron chi connectivity index (χ2n) is 10.00. The molecule has 1 aliphatic rings. The lowest BCUT2D eigenvalue weighted by molar-refractivity contribution is 0.00429. The van der Waals surface area contributed by atoms with Crippen LogP contribution < -0.4 is 9.46 Å². The van der Waals surface area contributed by atoms with Gasteiger partial charge in [0, 0.05) is 60.7 Å². The number of amides is 1. The Morgan fingerprint density at radius 2 is 2.03 bits per heavy atom. The third-order valence-corrected chi connectivity index (χ3v) is 7.66. The number of aryl methyl sites for hydroxylation is 1. The Morgan fingerprint density at radius 1 is 1.18 bits per heavy atom. The average molecular weight is 536 g/mol. The van der Waals surface area contributed by atoms with E-state index in [0.717, 1.165) is 69.7 Å². The number of aromatic amines is 1. The second-order valence-corrected chi connectivity index (χ2v) is 10.6. The number of allylic oxidation sites excluding steroid dienone is 1. The summed E-state index contributed by atoms with van der Waals surface area (Å²) >= 11 is 1.32. The number of rotatable bonds is 13. The summed E-state index contributed by atoms with van der Waals surface area (Å²) in [6.45, 7) is 5.99. The molecule has 1 saturated heterocycles. The van der Waals surface area contributed by atoms with E-state index < -0.39 is 0 Å². The molecule has 2 aromatic carbocycles. The predicted octanol–water partition coefficient (Wildman–Crippen LogP) is 6.75. The van der Waals surface area contributed by atoms with Crippen LogP contribution in [0.5, 0.6) is 5.75 Å². The third-order valence-electron chi connectivity index (χ3n) is 7.27.